The minimum Gasteiger partial charge on any atom is -0.396 e. The molecule has 2 atom stereocenters. The van der Waals surface area contributed by atoms with E-state index in [9.17, 15) is 5.11 Å². The number of nitrogens with one attached hydrogen (secondary N) is 1. The van der Waals surface area contributed by atoms with E-state index < -0.39 is 0 Å². The van der Waals surface area contributed by atoms with E-state index in [1.807, 2.05) is 6.07 Å². The van der Waals surface area contributed by atoms with Gasteiger partial charge in [-0.15, -0.1) is 0 Å². The van der Waals surface area contributed by atoms with Crippen molar-refractivity contribution >= 4 is 11.5 Å². The van der Waals surface area contributed by atoms with Gasteiger partial charge in [-0.2, -0.15) is 5.26 Å². The summed E-state index contributed by atoms with van der Waals surface area (Å²) in [5.41, 5.74) is 6.69. The highest BCUT2D eigenvalue weighted by molar-refractivity contribution is 5.63. The van der Waals surface area contributed by atoms with Gasteiger partial charge in [0.1, 0.15) is 11.9 Å². The molecule has 0 aromatic carbocycles. The largest absolute Gasteiger partial charge is 0.396 e. The van der Waals surface area contributed by atoms with Crippen LogP contribution < -0.4 is 11.1 Å². The zero-order valence-corrected chi connectivity index (χ0v) is 9.56. The summed E-state index contributed by atoms with van der Waals surface area (Å²) in [4.78, 5) is 4.11. The molecule has 0 spiro atoms. The molecule has 1 aliphatic carbocycles. The fraction of sp³-hybridized carbons (Fsp3) is 0.500. The van der Waals surface area contributed by atoms with E-state index in [-0.39, 0.29) is 12.1 Å². The van der Waals surface area contributed by atoms with Crippen molar-refractivity contribution in [2.75, 3.05) is 11.1 Å². The van der Waals surface area contributed by atoms with E-state index in [2.05, 4.69) is 10.3 Å². The van der Waals surface area contributed by atoms with Crippen LogP contribution in [0, 0.1) is 11.3 Å². The molecule has 4 N–H and O–H groups in total. The van der Waals surface area contributed by atoms with Crippen LogP contribution in [0.3, 0.4) is 0 Å². The summed E-state index contributed by atoms with van der Waals surface area (Å²) >= 11 is 0. The van der Waals surface area contributed by atoms with Crippen molar-refractivity contribution in [2.24, 2.45) is 0 Å². The van der Waals surface area contributed by atoms with Crippen LogP contribution in [0.2, 0.25) is 0 Å². The Hall–Kier alpha value is -1.80. The maximum atomic E-state index is 9.84. The van der Waals surface area contributed by atoms with Crippen molar-refractivity contribution < 1.29 is 5.11 Å². The Morgan fingerprint density at radius 2 is 2.24 bits per heavy atom. The summed E-state index contributed by atoms with van der Waals surface area (Å²) in [7, 11) is 0. The smallest absolute Gasteiger partial charge is 0.149 e. The van der Waals surface area contributed by atoms with Crippen molar-refractivity contribution in [3.05, 3.63) is 17.8 Å². The molecule has 0 amide bonds. The molecule has 0 saturated heterocycles. The van der Waals surface area contributed by atoms with E-state index in [0.717, 1.165) is 25.7 Å². The summed E-state index contributed by atoms with van der Waals surface area (Å²) < 4.78 is 0. The maximum absolute atomic E-state index is 9.84. The number of aliphatic hydroxyl groups is 1. The van der Waals surface area contributed by atoms with E-state index in [4.69, 9.17) is 11.0 Å². The van der Waals surface area contributed by atoms with Crippen LogP contribution in [0.25, 0.3) is 0 Å². The Morgan fingerprint density at radius 1 is 1.47 bits per heavy atom. The molecular weight excluding hydrogens is 216 g/mol. The standard InChI is InChI=1S/C12H16N4O/c13-6-8-5-9(14)12(15-7-8)16-10-3-1-2-4-11(10)17/h5,7,10-11,17H,1-4,14H2,(H,15,16). The molecule has 1 fully saturated rings. The fourth-order valence-electron chi connectivity index (χ4n) is 2.12. The molecule has 0 radical (unpaired) electrons. The minimum atomic E-state index is -0.347. The predicted octanol–water partition coefficient (Wildman–Crippen LogP) is 1.25. The van der Waals surface area contributed by atoms with Crippen LogP contribution in [0.1, 0.15) is 31.2 Å². The van der Waals surface area contributed by atoms with Gasteiger partial charge in [-0.25, -0.2) is 4.98 Å². The van der Waals surface area contributed by atoms with Gasteiger partial charge in [-0.1, -0.05) is 12.8 Å². The molecular formula is C12H16N4O. The number of rotatable bonds is 2. The number of pyridine rings is 1. The summed E-state index contributed by atoms with van der Waals surface area (Å²) in [6, 6.07) is 3.58. The molecule has 1 saturated carbocycles. The first-order chi connectivity index (χ1) is 8.20. The van der Waals surface area contributed by atoms with E-state index >= 15 is 0 Å². The van der Waals surface area contributed by atoms with Gasteiger partial charge in [0.05, 0.1) is 23.4 Å². The van der Waals surface area contributed by atoms with Gasteiger partial charge in [0.15, 0.2) is 0 Å². The number of aliphatic hydroxyl groups excluding tert-OH is 1. The molecule has 0 aliphatic heterocycles. The number of nitriles is 1. The molecule has 2 unspecified atom stereocenters. The molecule has 1 aliphatic rings. The molecule has 2 rings (SSSR count). The van der Waals surface area contributed by atoms with Crippen LogP contribution in [0.15, 0.2) is 12.3 Å². The average molecular weight is 232 g/mol. The molecule has 90 valence electrons. The Morgan fingerprint density at radius 3 is 2.88 bits per heavy atom. The van der Waals surface area contributed by atoms with Crippen molar-refractivity contribution in [1.82, 2.24) is 4.98 Å². The summed E-state index contributed by atoms with van der Waals surface area (Å²) in [5, 5.41) is 21.7. The minimum absolute atomic E-state index is 0.00601. The molecule has 1 aromatic heterocycles. The Kier molecular flexibility index (Phi) is 3.45. The van der Waals surface area contributed by atoms with Gasteiger partial charge in [0.2, 0.25) is 0 Å². The number of hydrogen-bond donors (Lipinski definition) is 3. The second kappa shape index (κ2) is 5.02. The third-order valence-electron chi connectivity index (χ3n) is 3.10. The molecule has 0 bridgehead atoms. The lowest BCUT2D eigenvalue weighted by Crippen LogP contribution is -2.36. The number of aromatic nitrogens is 1. The first-order valence-electron chi connectivity index (χ1n) is 5.81. The van der Waals surface area contributed by atoms with Crippen molar-refractivity contribution in [3.8, 4) is 6.07 Å². The van der Waals surface area contributed by atoms with Gasteiger partial charge < -0.3 is 16.2 Å². The van der Waals surface area contributed by atoms with Gasteiger partial charge >= 0.3 is 0 Å². The molecule has 1 aromatic rings. The van der Waals surface area contributed by atoms with E-state index in [0.29, 0.717) is 17.1 Å². The Labute approximate surface area is 100 Å². The summed E-state index contributed by atoms with van der Waals surface area (Å²) in [6.45, 7) is 0. The van der Waals surface area contributed by atoms with Crippen LogP contribution >= 0.6 is 0 Å². The normalized spacial score (nSPS) is 24.0. The van der Waals surface area contributed by atoms with Crippen LogP contribution in [-0.2, 0) is 0 Å². The van der Waals surface area contributed by atoms with Gasteiger partial charge in [-0.05, 0) is 18.9 Å². The number of hydrogen-bond acceptors (Lipinski definition) is 5. The fourth-order valence-corrected chi connectivity index (χ4v) is 2.12. The highest BCUT2D eigenvalue weighted by Gasteiger charge is 2.23. The molecule has 5 heteroatoms. The summed E-state index contributed by atoms with van der Waals surface area (Å²) in [6.07, 6.45) is 5.03. The monoisotopic (exact) mass is 232 g/mol. The lowest BCUT2D eigenvalue weighted by molar-refractivity contribution is 0.116. The topological polar surface area (TPSA) is 95.0 Å². The lowest BCUT2D eigenvalue weighted by Gasteiger charge is -2.29. The number of anilines is 2. The van der Waals surface area contributed by atoms with Crippen LogP contribution in [0.4, 0.5) is 11.5 Å². The van der Waals surface area contributed by atoms with E-state index in [1.165, 1.54) is 6.20 Å². The molecule has 17 heavy (non-hydrogen) atoms. The first-order valence-corrected chi connectivity index (χ1v) is 5.81. The highest BCUT2D eigenvalue weighted by Crippen LogP contribution is 2.24. The molecule has 5 nitrogen and oxygen atoms in total. The number of nitrogens with two attached hydrogens (primary N) is 1. The molecule has 1 heterocycles. The van der Waals surface area contributed by atoms with Crippen molar-refractivity contribution in [1.29, 1.82) is 5.26 Å². The zero-order chi connectivity index (χ0) is 12.3. The SMILES string of the molecule is N#Cc1cnc(NC2CCCCC2O)c(N)c1. The Bertz CT molecular complexity index is 441. The lowest BCUT2D eigenvalue weighted by atomic mass is 9.92. The van der Waals surface area contributed by atoms with Gasteiger partial charge in [0, 0.05) is 6.20 Å². The third kappa shape index (κ3) is 2.66. The first kappa shape index (κ1) is 11.7. The van der Waals surface area contributed by atoms with E-state index in [1.54, 1.807) is 6.07 Å². The zero-order valence-electron chi connectivity index (χ0n) is 9.56. The number of nitrogens with zero attached hydrogens (tertiary/aromatic N) is 2. The quantitative estimate of drug-likeness (QED) is 0.713. The number of nitrogen functional groups attached to an aromatic ring is 1. The van der Waals surface area contributed by atoms with Crippen LogP contribution in [0.5, 0.6) is 0 Å². The van der Waals surface area contributed by atoms with Gasteiger partial charge in [-0.3, -0.25) is 0 Å². The van der Waals surface area contributed by atoms with Crippen LogP contribution in [-0.4, -0.2) is 22.2 Å². The Balaban J connectivity index is 2.10. The highest BCUT2D eigenvalue weighted by atomic mass is 16.3. The van der Waals surface area contributed by atoms with Gasteiger partial charge in [0.25, 0.3) is 0 Å². The maximum Gasteiger partial charge on any atom is 0.149 e. The predicted molar refractivity (Wildman–Crippen MR) is 65.2 cm³/mol. The summed E-state index contributed by atoms with van der Waals surface area (Å²) in [5.74, 6) is 0.551. The third-order valence-corrected chi connectivity index (χ3v) is 3.10. The second-order valence-corrected chi connectivity index (χ2v) is 4.38. The van der Waals surface area contributed by atoms with Crippen molar-refractivity contribution in [2.45, 2.75) is 37.8 Å². The second-order valence-electron chi connectivity index (χ2n) is 4.38. The average Bonchev–Trinajstić information content (AvgIpc) is 2.34. The van der Waals surface area contributed by atoms with Crippen molar-refractivity contribution in [3.63, 3.8) is 0 Å².